The van der Waals surface area contributed by atoms with Crippen LogP contribution in [0.1, 0.15) is 27.7 Å². The highest BCUT2D eigenvalue weighted by molar-refractivity contribution is 5.77. The minimum absolute atomic E-state index is 0.131. The van der Waals surface area contributed by atoms with E-state index in [0.29, 0.717) is 0 Å². The number of carbonyl (C=O) groups is 2. The molecule has 0 bridgehead atoms. The Hall–Kier alpha value is -1.22. The van der Waals surface area contributed by atoms with E-state index in [4.69, 9.17) is 18.9 Å². The molecule has 0 radical (unpaired) electrons. The molecule has 4 heterocycles. The Labute approximate surface area is 160 Å². The van der Waals surface area contributed by atoms with E-state index in [0.717, 1.165) is 13.1 Å². The van der Waals surface area contributed by atoms with Gasteiger partial charge in [0, 0.05) is 24.9 Å². The van der Waals surface area contributed by atoms with Gasteiger partial charge in [-0.25, -0.2) is 0 Å². The number of nitrogens with one attached hydrogen (secondary N) is 1. The predicted octanol–water partition coefficient (Wildman–Crippen LogP) is 0.192. The summed E-state index contributed by atoms with van der Waals surface area (Å²) in [5, 5.41) is 3.13. The summed E-state index contributed by atoms with van der Waals surface area (Å²) in [6, 6.07) is -0.313. The third kappa shape index (κ3) is 3.37. The van der Waals surface area contributed by atoms with E-state index in [9.17, 15) is 9.59 Å². The zero-order valence-corrected chi connectivity index (χ0v) is 17.3. The first-order chi connectivity index (χ1) is 12.5. The molecule has 6 atom stereocenters. The van der Waals surface area contributed by atoms with Gasteiger partial charge >= 0.3 is 11.9 Å². The van der Waals surface area contributed by atoms with Crippen molar-refractivity contribution in [2.75, 3.05) is 34.4 Å². The number of fused-ring (bicyclic) bond motifs is 2. The number of methoxy groups -OCH3 is 2. The summed E-state index contributed by atoms with van der Waals surface area (Å²) in [7, 11) is 4.80. The molecule has 0 amide bonds. The molecular formula is C19H32N2O6. The van der Waals surface area contributed by atoms with Gasteiger partial charge in [0.2, 0.25) is 0 Å². The lowest BCUT2D eigenvalue weighted by Gasteiger charge is -2.48. The molecule has 0 saturated carbocycles. The maximum absolute atomic E-state index is 11.6. The van der Waals surface area contributed by atoms with Crippen molar-refractivity contribution >= 4 is 11.9 Å². The lowest BCUT2D eigenvalue weighted by atomic mass is 9.77. The van der Waals surface area contributed by atoms with Gasteiger partial charge in [-0.15, -0.1) is 0 Å². The van der Waals surface area contributed by atoms with E-state index >= 15 is 0 Å². The Balaban J connectivity index is 0.000000156. The zero-order chi connectivity index (χ0) is 20.1. The fourth-order valence-corrected chi connectivity index (χ4v) is 5.20. The van der Waals surface area contributed by atoms with Gasteiger partial charge in [-0.05, 0) is 34.7 Å². The molecule has 8 nitrogen and oxygen atoms in total. The number of carbonyl (C=O) groups excluding carboxylic acids is 2. The summed E-state index contributed by atoms with van der Waals surface area (Å²) in [6.07, 6.45) is 0.401. The van der Waals surface area contributed by atoms with Crippen molar-refractivity contribution in [2.45, 2.75) is 63.2 Å². The van der Waals surface area contributed by atoms with Crippen molar-refractivity contribution in [3.8, 4) is 0 Å². The van der Waals surface area contributed by atoms with Crippen LogP contribution >= 0.6 is 0 Å². The van der Waals surface area contributed by atoms with Gasteiger partial charge in [0.15, 0.2) is 0 Å². The minimum atomic E-state index is -0.187. The topological polar surface area (TPSA) is 86.3 Å². The number of esters is 2. The number of hydrogen-bond acceptors (Lipinski definition) is 8. The molecule has 4 aliphatic heterocycles. The Kier molecular flexibility index (Phi) is 5.31. The Morgan fingerprint density at radius 1 is 0.963 bits per heavy atom. The van der Waals surface area contributed by atoms with Crippen molar-refractivity contribution in [3.63, 3.8) is 0 Å². The molecule has 0 unspecified atom stereocenters. The van der Waals surface area contributed by atoms with Gasteiger partial charge in [-0.1, -0.05) is 0 Å². The van der Waals surface area contributed by atoms with E-state index in [1.807, 2.05) is 39.6 Å². The number of ether oxygens (including phenoxy) is 4. The molecule has 4 fully saturated rings. The van der Waals surface area contributed by atoms with Gasteiger partial charge in [0.25, 0.3) is 0 Å². The molecule has 0 aliphatic carbocycles. The molecule has 0 spiro atoms. The maximum Gasteiger partial charge on any atom is 0.323 e. The second-order valence-electron chi connectivity index (χ2n) is 8.89. The monoisotopic (exact) mass is 384 g/mol. The average molecular weight is 384 g/mol. The summed E-state index contributed by atoms with van der Waals surface area (Å²) in [6.45, 7) is 9.67. The Morgan fingerprint density at radius 2 is 1.52 bits per heavy atom. The van der Waals surface area contributed by atoms with E-state index < -0.39 is 0 Å². The molecule has 154 valence electrons. The lowest BCUT2D eigenvalue weighted by Crippen LogP contribution is -2.59. The normalized spacial score (nSPS) is 40.4. The van der Waals surface area contributed by atoms with Gasteiger partial charge < -0.3 is 24.3 Å². The fraction of sp³-hybridized carbons (Fsp3) is 0.895. The Morgan fingerprint density at radius 3 is 2.04 bits per heavy atom. The SMILES string of the molecule is COC(=O)[C@@H]1[C@@H]2[C@H](CN1C)OC2(C)C.COC(=O)[C@H]1NC[C@@H]2OC(C)(C)[C@@H]21. The zero-order valence-electron chi connectivity index (χ0n) is 17.3. The highest BCUT2D eigenvalue weighted by Crippen LogP contribution is 2.47. The van der Waals surface area contributed by atoms with E-state index in [2.05, 4.69) is 5.32 Å². The number of hydrogen-bond donors (Lipinski definition) is 1. The first-order valence-corrected chi connectivity index (χ1v) is 9.48. The first-order valence-electron chi connectivity index (χ1n) is 9.48. The van der Waals surface area contributed by atoms with E-state index in [1.54, 1.807) is 0 Å². The number of likely N-dealkylation sites (N-methyl/N-ethyl adjacent to an activating group) is 1. The van der Waals surface area contributed by atoms with Gasteiger partial charge in [-0.3, -0.25) is 14.5 Å². The maximum atomic E-state index is 11.6. The molecular weight excluding hydrogens is 352 g/mol. The van der Waals surface area contributed by atoms with E-state index in [1.165, 1.54) is 14.2 Å². The smallest absolute Gasteiger partial charge is 0.323 e. The molecule has 4 aliphatic rings. The van der Waals surface area contributed by atoms with Crippen molar-refractivity contribution in [1.82, 2.24) is 10.2 Å². The average Bonchev–Trinajstić information content (AvgIpc) is 3.10. The lowest BCUT2D eigenvalue weighted by molar-refractivity contribution is -0.228. The molecule has 0 aromatic rings. The van der Waals surface area contributed by atoms with Crippen LogP contribution in [0.4, 0.5) is 0 Å². The van der Waals surface area contributed by atoms with E-state index in [-0.39, 0.29) is 59.3 Å². The van der Waals surface area contributed by atoms with Crippen LogP contribution in [0.2, 0.25) is 0 Å². The Bertz CT molecular complexity index is 607. The van der Waals surface area contributed by atoms with Gasteiger partial charge in [0.1, 0.15) is 12.1 Å². The number of rotatable bonds is 2. The van der Waals surface area contributed by atoms with Crippen LogP contribution in [-0.2, 0) is 28.5 Å². The summed E-state index contributed by atoms with van der Waals surface area (Å²) >= 11 is 0. The van der Waals surface area contributed by atoms with Crippen LogP contribution in [-0.4, -0.2) is 86.7 Å². The van der Waals surface area contributed by atoms with Crippen LogP contribution < -0.4 is 5.32 Å². The molecule has 0 aromatic carbocycles. The summed E-state index contributed by atoms with van der Waals surface area (Å²) < 4.78 is 20.8. The minimum Gasteiger partial charge on any atom is -0.468 e. The molecule has 4 rings (SSSR count). The highest BCUT2D eigenvalue weighted by Gasteiger charge is 2.61. The summed E-state index contributed by atoms with van der Waals surface area (Å²) in [5.74, 6) is 0.222. The van der Waals surface area contributed by atoms with Crippen molar-refractivity contribution < 1.29 is 28.5 Å². The second-order valence-corrected chi connectivity index (χ2v) is 8.89. The molecule has 1 N–H and O–H groups in total. The van der Waals surface area contributed by atoms with Gasteiger partial charge in [-0.2, -0.15) is 0 Å². The quantitative estimate of drug-likeness (QED) is 0.676. The second kappa shape index (κ2) is 6.99. The fourth-order valence-electron chi connectivity index (χ4n) is 5.20. The van der Waals surface area contributed by atoms with Crippen LogP contribution in [0, 0.1) is 11.8 Å². The van der Waals surface area contributed by atoms with Crippen molar-refractivity contribution in [1.29, 1.82) is 0 Å². The predicted molar refractivity (Wildman–Crippen MR) is 97.1 cm³/mol. The number of nitrogens with zero attached hydrogens (tertiary/aromatic N) is 1. The molecule has 4 saturated heterocycles. The third-order valence-corrected chi connectivity index (χ3v) is 6.40. The largest absolute Gasteiger partial charge is 0.468 e. The standard InChI is InChI=1S/C10H17NO3.C9H15NO3/c1-10(2)7-6(14-10)5-11(3)8(7)9(12)13-4;1-9(2)6-5(13-9)4-10-7(6)8(11)12-3/h6-8H,5H2,1-4H3;5-7,10H,4H2,1-3H3/t6-,7-,8-;5-,6-,7-/m00/s1. The van der Waals surface area contributed by atoms with Crippen molar-refractivity contribution in [2.24, 2.45) is 11.8 Å². The van der Waals surface area contributed by atoms with Crippen LogP contribution in [0.5, 0.6) is 0 Å². The van der Waals surface area contributed by atoms with Crippen LogP contribution in [0.25, 0.3) is 0 Å². The van der Waals surface area contributed by atoms with Crippen LogP contribution in [0.3, 0.4) is 0 Å². The molecule has 8 heteroatoms. The summed E-state index contributed by atoms with van der Waals surface area (Å²) in [4.78, 5) is 25.0. The third-order valence-electron chi connectivity index (χ3n) is 6.40. The highest BCUT2D eigenvalue weighted by atomic mass is 16.6. The molecule has 27 heavy (non-hydrogen) atoms. The molecule has 0 aromatic heterocycles. The first kappa shape index (κ1) is 20.5. The van der Waals surface area contributed by atoms with Crippen molar-refractivity contribution in [3.05, 3.63) is 0 Å². The number of likely N-dealkylation sites (tertiary alicyclic amines) is 1. The van der Waals surface area contributed by atoms with Crippen LogP contribution in [0.15, 0.2) is 0 Å². The van der Waals surface area contributed by atoms with Gasteiger partial charge in [0.05, 0.1) is 37.6 Å². The summed E-state index contributed by atoms with van der Waals surface area (Å²) in [5.41, 5.74) is -0.374.